The van der Waals surface area contributed by atoms with Gasteiger partial charge in [0.2, 0.25) is 11.8 Å². The highest BCUT2D eigenvalue weighted by Crippen LogP contribution is 2.58. The fourth-order valence-electron chi connectivity index (χ4n) is 6.72. The lowest BCUT2D eigenvalue weighted by Gasteiger charge is -2.37. The molecule has 2 bridgehead atoms. The average molecular weight is 548 g/mol. The molecule has 4 rings (SSSR count). The number of hydrogen-bond acceptors (Lipinski definition) is 8. The van der Waals surface area contributed by atoms with E-state index in [1.807, 2.05) is 0 Å². The number of carbonyl (C=O) groups excluding carboxylic acids is 3. The van der Waals surface area contributed by atoms with E-state index in [0.29, 0.717) is 71.5 Å². The predicted octanol–water partition coefficient (Wildman–Crippen LogP) is 1.38. The van der Waals surface area contributed by atoms with Gasteiger partial charge in [-0.1, -0.05) is 12.2 Å². The maximum absolute atomic E-state index is 14.3. The Morgan fingerprint density at radius 3 is 2.64 bits per heavy atom. The first kappa shape index (κ1) is 29.7. The monoisotopic (exact) mass is 547 g/mol. The molecule has 4 fully saturated rings. The van der Waals surface area contributed by atoms with Crippen molar-refractivity contribution in [1.82, 2.24) is 14.7 Å². The number of unbranched alkanes of at least 4 members (excludes halogenated alkanes) is 3. The van der Waals surface area contributed by atoms with Gasteiger partial charge >= 0.3 is 5.97 Å². The van der Waals surface area contributed by atoms with Crippen molar-refractivity contribution in [2.45, 2.75) is 62.7 Å². The highest BCUT2D eigenvalue weighted by atomic mass is 16.6. The highest BCUT2D eigenvalue weighted by Gasteiger charge is 2.75. The number of morpholine rings is 1. The molecule has 4 aliphatic rings. The van der Waals surface area contributed by atoms with Crippen LogP contribution in [0.2, 0.25) is 0 Å². The van der Waals surface area contributed by atoms with Crippen LogP contribution in [-0.4, -0.2) is 121 Å². The Morgan fingerprint density at radius 2 is 1.92 bits per heavy atom. The smallest absolute Gasteiger partial charge is 0.312 e. The van der Waals surface area contributed by atoms with E-state index in [2.05, 4.69) is 18.1 Å². The lowest BCUT2D eigenvalue weighted by molar-refractivity contribution is -0.155. The Labute approximate surface area is 231 Å². The zero-order valence-corrected chi connectivity index (χ0v) is 23.1. The number of esters is 1. The second-order valence-electron chi connectivity index (χ2n) is 11.0. The number of amides is 2. The van der Waals surface area contributed by atoms with Crippen molar-refractivity contribution in [2.75, 3.05) is 65.7 Å². The first-order valence-corrected chi connectivity index (χ1v) is 14.5. The van der Waals surface area contributed by atoms with E-state index in [0.717, 1.165) is 25.9 Å². The molecule has 1 spiro atoms. The van der Waals surface area contributed by atoms with E-state index in [9.17, 15) is 19.5 Å². The lowest BCUT2D eigenvalue weighted by Crippen LogP contribution is -2.57. The molecule has 10 heteroatoms. The van der Waals surface area contributed by atoms with E-state index in [-0.39, 0.29) is 25.0 Å². The molecule has 1 N–H and O–H groups in total. The van der Waals surface area contributed by atoms with E-state index in [4.69, 9.17) is 14.2 Å². The molecule has 2 unspecified atom stereocenters. The van der Waals surface area contributed by atoms with Gasteiger partial charge in [-0.05, 0) is 44.9 Å². The third-order valence-electron chi connectivity index (χ3n) is 8.61. The van der Waals surface area contributed by atoms with Gasteiger partial charge in [0.25, 0.3) is 0 Å². The molecule has 0 aromatic carbocycles. The molecule has 0 aromatic heterocycles. The fourth-order valence-corrected chi connectivity index (χ4v) is 6.72. The van der Waals surface area contributed by atoms with Gasteiger partial charge in [0.1, 0.15) is 11.6 Å². The molecule has 4 aliphatic heterocycles. The van der Waals surface area contributed by atoms with Gasteiger partial charge in [0.05, 0.1) is 37.8 Å². The maximum Gasteiger partial charge on any atom is 0.312 e. The minimum Gasteiger partial charge on any atom is -0.465 e. The van der Waals surface area contributed by atoms with Crippen LogP contribution in [0.3, 0.4) is 0 Å². The quantitative estimate of drug-likeness (QED) is 0.175. The van der Waals surface area contributed by atoms with Crippen LogP contribution in [0.1, 0.15) is 44.9 Å². The molecular formula is C29H45N3O7. The summed E-state index contributed by atoms with van der Waals surface area (Å²) in [5.74, 6) is -2.18. The Kier molecular flexibility index (Phi) is 10.6. The number of allylic oxidation sites excluding steroid dienone is 1. The molecular weight excluding hydrogens is 502 g/mol. The van der Waals surface area contributed by atoms with Crippen molar-refractivity contribution in [3.05, 3.63) is 25.3 Å². The molecule has 0 saturated carbocycles. The van der Waals surface area contributed by atoms with Crippen molar-refractivity contribution < 1.29 is 33.7 Å². The standard InChI is InChI=1S/C29H45N3O7/c1-3-5-9-19-38-28(36)23-22-10-11-29(39-22)24(23)26(34)32(13-7-6-8-18-33)25(29)27(35)31(12-4-2)15-14-30-16-20-37-21-17-30/h3-4,22-25,33H,1-2,5-21H2/t22-,23+,24-,25?,29?/m0/s1. The molecule has 0 radical (unpaired) electrons. The number of hydrogen-bond donors (Lipinski definition) is 1. The van der Waals surface area contributed by atoms with Crippen molar-refractivity contribution >= 4 is 17.8 Å². The highest BCUT2D eigenvalue weighted by molar-refractivity contribution is 5.98. The van der Waals surface area contributed by atoms with Gasteiger partial charge < -0.3 is 29.1 Å². The van der Waals surface area contributed by atoms with E-state index < -0.39 is 35.6 Å². The molecule has 10 nitrogen and oxygen atoms in total. The third kappa shape index (κ3) is 6.24. The van der Waals surface area contributed by atoms with Crippen LogP contribution in [-0.2, 0) is 28.6 Å². The zero-order valence-electron chi connectivity index (χ0n) is 23.1. The van der Waals surface area contributed by atoms with Crippen LogP contribution in [0.4, 0.5) is 0 Å². The van der Waals surface area contributed by atoms with Gasteiger partial charge in [-0.2, -0.15) is 0 Å². The molecule has 0 aromatic rings. The normalized spacial score (nSPS) is 29.9. The van der Waals surface area contributed by atoms with Crippen LogP contribution in [0, 0.1) is 11.8 Å². The molecule has 4 saturated heterocycles. The van der Waals surface area contributed by atoms with Crippen LogP contribution >= 0.6 is 0 Å². The molecule has 39 heavy (non-hydrogen) atoms. The Morgan fingerprint density at radius 1 is 1.13 bits per heavy atom. The topological polar surface area (TPSA) is 109 Å². The summed E-state index contributed by atoms with van der Waals surface area (Å²) in [6, 6.07) is -0.794. The predicted molar refractivity (Wildman–Crippen MR) is 145 cm³/mol. The number of ether oxygens (including phenoxy) is 3. The summed E-state index contributed by atoms with van der Waals surface area (Å²) < 4.78 is 17.5. The van der Waals surface area contributed by atoms with Gasteiger partial charge in [-0.25, -0.2) is 0 Å². The number of aliphatic hydroxyl groups excluding tert-OH is 1. The molecule has 4 heterocycles. The van der Waals surface area contributed by atoms with Crippen LogP contribution in [0.25, 0.3) is 0 Å². The van der Waals surface area contributed by atoms with Crippen molar-refractivity contribution in [1.29, 1.82) is 0 Å². The summed E-state index contributed by atoms with van der Waals surface area (Å²) in [4.78, 5) is 47.2. The van der Waals surface area contributed by atoms with E-state index >= 15 is 0 Å². The van der Waals surface area contributed by atoms with Crippen molar-refractivity contribution in [3.8, 4) is 0 Å². The summed E-state index contributed by atoms with van der Waals surface area (Å²) in [6.45, 7) is 12.9. The molecule has 2 amide bonds. The summed E-state index contributed by atoms with van der Waals surface area (Å²) in [5, 5.41) is 9.23. The summed E-state index contributed by atoms with van der Waals surface area (Å²) in [5.41, 5.74) is -1.03. The van der Waals surface area contributed by atoms with Gasteiger partial charge in [-0.3, -0.25) is 19.3 Å². The maximum atomic E-state index is 14.3. The summed E-state index contributed by atoms with van der Waals surface area (Å²) >= 11 is 0. The fraction of sp³-hybridized carbons (Fsp3) is 0.759. The Hall–Kier alpha value is -2.27. The van der Waals surface area contributed by atoms with Crippen LogP contribution < -0.4 is 0 Å². The second-order valence-corrected chi connectivity index (χ2v) is 11.0. The zero-order chi connectivity index (χ0) is 27.8. The van der Waals surface area contributed by atoms with Gasteiger partial charge in [-0.15, -0.1) is 13.2 Å². The Balaban J connectivity index is 1.56. The third-order valence-corrected chi connectivity index (χ3v) is 8.61. The van der Waals surface area contributed by atoms with E-state index in [1.165, 1.54) is 0 Å². The SMILES string of the molecule is C=CCCCOC(=O)[C@@H]1[C@@H]2CCC3(O2)C(C(=O)N(CC=C)CCN2CCOCC2)N(CCCCCO)C(=O)[C@H]13. The summed E-state index contributed by atoms with van der Waals surface area (Å²) in [6.07, 6.45) is 7.71. The second kappa shape index (κ2) is 13.9. The number of nitrogens with zero attached hydrogens (tertiary/aromatic N) is 3. The molecule has 0 aliphatic carbocycles. The number of carbonyl (C=O) groups is 3. The van der Waals surface area contributed by atoms with E-state index in [1.54, 1.807) is 22.0 Å². The van der Waals surface area contributed by atoms with Gasteiger partial charge in [0, 0.05) is 45.9 Å². The van der Waals surface area contributed by atoms with Crippen molar-refractivity contribution in [3.63, 3.8) is 0 Å². The number of rotatable bonds is 16. The van der Waals surface area contributed by atoms with Crippen LogP contribution in [0.5, 0.6) is 0 Å². The Bertz CT molecular complexity index is 892. The number of aliphatic hydroxyl groups is 1. The van der Waals surface area contributed by atoms with Gasteiger partial charge in [0.15, 0.2) is 0 Å². The van der Waals surface area contributed by atoms with Crippen molar-refractivity contribution in [2.24, 2.45) is 11.8 Å². The number of fused-ring (bicyclic) bond motifs is 1. The first-order chi connectivity index (χ1) is 19.0. The molecule has 5 atom stereocenters. The minimum atomic E-state index is -1.03. The largest absolute Gasteiger partial charge is 0.465 e. The molecule has 218 valence electrons. The van der Waals surface area contributed by atoms with Crippen LogP contribution in [0.15, 0.2) is 25.3 Å². The average Bonchev–Trinajstić information content (AvgIpc) is 3.59. The number of likely N-dealkylation sites (tertiary alicyclic amines) is 1. The lowest BCUT2D eigenvalue weighted by atomic mass is 9.70. The minimum absolute atomic E-state index is 0.0854. The summed E-state index contributed by atoms with van der Waals surface area (Å²) in [7, 11) is 0. The first-order valence-electron chi connectivity index (χ1n) is 14.5.